The highest BCUT2D eigenvalue weighted by Gasteiger charge is 1.93. The summed E-state index contributed by atoms with van der Waals surface area (Å²) >= 11 is 0. The van der Waals surface area contributed by atoms with Crippen LogP contribution < -0.4 is 5.32 Å². The van der Waals surface area contributed by atoms with Crippen molar-refractivity contribution < 1.29 is 0 Å². The van der Waals surface area contributed by atoms with Crippen LogP contribution in [0.1, 0.15) is 38.4 Å². The summed E-state index contributed by atoms with van der Waals surface area (Å²) in [7, 11) is 0. The van der Waals surface area contributed by atoms with Crippen molar-refractivity contribution in [2.24, 2.45) is 0 Å². The average Bonchev–Trinajstić information content (AvgIpc) is 2.18. The fourth-order valence-corrected chi connectivity index (χ4v) is 1.32. The molecule has 1 aromatic heterocycles. The molecule has 0 aliphatic rings. The molecule has 0 saturated heterocycles. The molecule has 78 valence electrons. The van der Waals surface area contributed by atoms with Crippen molar-refractivity contribution in [1.29, 1.82) is 0 Å². The highest BCUT2D eigenvalue weighted by Crippen LogP contribution is 2.03. The molecule has 0 atom stereocenters. The third-order valence-corrected chi connectivity index (χ3v) is 2.11. The minimum Gasteiger partial charge on any atom is -0.370 e. The lowest BCUT2D eigenvalue weighted by Gasteiger charge is -2.04. The van der Waals surface area contributed by atoms with Crippen molar-refractivity contribution in [3.05, 3.63) is 18.1 Å². The highest BCUT2D eigenvalue weighted by atomic mass is 15.0. The van der Waals surface area contributed by atoms with E-state index in [4.69, 9.17) is 0 Å². The Morgan fingerprint density at radius 1 is 1.29 bits per heavy atom. The van der Waals surface area contributed by atoms with E-state index in [0.717, 1.165) is 18.2 Å². The predicted octanol–water partition coefficient (Wildman–Crippen LogP) is 2.78. The second-order valence-corrected chi connectivity index (χ2v) is 3.48. The molecule has 3 nitrogen and oxygen atoms in total. The minimum absolute atomic E-state index is 0.823. The van der Waals surface area contributed by atoms with Crippen LogP contribution in [0, 0.1) is 6.92 Å². The second-order valence-electron chi connectivity index (χ2n) is 3.48. The van der Waals surface area contributed by atoms with Gasteiger partial charge >= 0.3 is 0 Å². The SMILES string of the molecule is CCCCCCNc1ccnc(C)n1. The van der Waals surface area contributed by atoms with Crippen LogP contribution in [0.2, 0.25) is 0 Å². The maximum atomic E-state index is 4.27. The normalized spacial score (nSPS) is 10.1. The Labute approximate surface area is 86.0 Å². The van der Waals surface area contributed by atoms with Crippen LogP contribution >= 0.6 is 0 Å². The third-order valence-electron chi connectivity index (χ3n) is 2.11. The number of aryl methyl sites for hydroxylation is 1. The molecule has 1 heterocycles. The van der Waals surface area contributed by atoms with Gasteiger partial charge in [0.1, 0.15) is 11.6 Å². The van der Waals surface area contributed by atoms with Crippen molar-refractivity contribution in [2.75, 3.05) is 11.9 Å². The largest absolute Gasteiger partial charge is 0.370 e. The first kappa shape index (κ1) is 11.0. The number of anilines is 1. The van der Waals surface area contributed by atoms with Gasteiger partial charge in [0.2, 0.25) is 0 Å². The van der Waals surface area contributed by atoms with E-state index in [-0.39, 0.29) is 0 Å². The number of hydrogen-bond acceptors (Lipinski definition) is 3. The van der Waals surface area contributed by atoms with Gasteiger partial charge in [-0.3, -0.25) is 0 Å². The summed E-state index contributed by atoms with van der Waals surface area (Å²) in [4.78, 5) is 8.32. The summed E-state index contributed by atoms with van der Waals surface area (Å²) < 4.78 is 0. The van der Waals surface area contributed by atoms with Gasteiger partial charge < -0.3 is 5.32 Å². The summed E-state index contributed by atoms with van der Waals surface area (Å²) in [5, 5.41) is 3.29. The summed E-state index contributed by atoms with van der Waals surface area (Å²) in [5.74, 6) is 1.76. The molecule has 0 aliphatic heterocycles. The third kappa shape index (κ3) is 4.21. The van der Waals surface area contributed by atoms with E-state index in [1.165, 1.54) is 25.7 Å². The Hall–Kier alpha value is -1.12. The number of aromatic nitrogens is 2. The monoisotopic (exact) mass is 193 g/mol. The molecule has 0 fully saturated rings. The fourth-order valence-electron chi connectivity index (χ4n) is 1.32. The van der Waals surface area contributed by atoms with E-state index in [9.17, 15) is 0 Å². The molecule has 1 N–H and O–H groups in total. The van der Waals surface area contributed by atoms with Gasteiger partial charge in [0, 0.05) is 12.7 Å². The van der Waals surface area contributed by atoms with Crippen LogP contribution in [0.4, 0.5) is 5.82 Å². The molecule has 0 radical (unpaired) electrons. The van der Waals surface area contributed by atoms with Crippen LogP contribution in [0.3, 0.4) is 0 Å². The van der Waals surface area contributed by atoms with E-state index in [2.05, 4.69) is 22.2 Å². The molecule has 0 amide bonds. The highest BCUT2D eigenvalue weighted by molar-refractivity contribution is 5.32. The Bertz CT molecular complexity index is 260. The fraction of sp³-hybridized carbons (Fsp3) is 0.636. The molecule has 0 aromatic carbocycles. The van der Waals surface area contributed by atoms with Crippen molar-refractivity contribution in [3.63, 3.8) is 0 Å². The molecule has 1 aromatic rings. The zero-order valence-corrected chi connectivity index (χ0v) is 9.08. The van der Waals surface area contributed by atoms with Gasteiger partial charge in [-0.1, -0.05) is 26.2 Å². The van der Waals surface area contributed by atoms with E-state index in [1.54, 1.807) is 6.20 Å². The summed E-state index contributed by atoms with van der Waals surface area (Å²) in [6, 6.07) is 1.91. The second kappa shape index (κ2) is 6.35. The van der Waals surface area contributed by atoms with E-state index >= 15 is 0 Å². The summed E-state index contributed by atoms with van der Waals surface area (Å²) in [6.45, 7) is 5.14. The van der Waals surface area contributed by atoms with Gasteiger partial charge in [0.15, 0.2) is 0 Å². The van der Waals surface area contributed by atoms with Crippen molar-refractivity contribution in [3.8, 4) is 0 Å². The van der Waals surface area contributed by atoms with Crippen LogP contribution in [0.15, 0.2) is 12.3 Å². The Kier molecular flexibility index (Phi) is 4.97. The van der Waals surface area contributed by atoms with Crippen molar-refractivity contribution >= 4 is 5.82 Å². The number of rotatable bonds is 6. The van der Waals surface area contributed by atoms with Gasteiger partial charge in [-0.2, -0.15) is 0 Å². The van der Waals surface area contributed by atoms with Gasteiger partial charge in [0.25, 0.3) is 0 Å². The Morgan fingerprint density at radius 3 is 2.86 bits per heavy atom. The molecule has 0 saturated carbocycles. The lowest BCUT2D eigenvalue weighted by Crippen LogP contribution is -2.04. The molecular weight excluding hydrogens is 174 g/mol. The first-order valence-corrected chi connectivity index (χ1v) is 5.36. The standard InChI is InChI=1S/C11H19N3/c1-3-4-5-6-8-13-11-7-9-12-10(2)14-11/h7,9H,3-6,8H2,1-2H3,(H,12,13,14). The van der Waals surface area contributed by atoms with E-state index < -0.39 is 0 Å². The zero-order valence-electron chi connectivity index (χ0n) is 9.08. The van der Waals surface area contributed by atoms with Crippen molar-refractivity contribution in [1.82, 2.24) is 9.97 Å². The average molecular weight is 193 g/mol. The smallest absolute Gasteiger partial charge is 0.129 e. The lowest BCUT2D eigenvalue weighted by molar-refractivity contribution is 0.684. The zero-order chi connectivity index (χ0) is 10.2. The number of nitrogens with zero attached hydrogens (tertiary/aromatic N) is 2. The topological polar surface area (TPSA) is 37.8 Å². The summed E-state index contributed by atoms with van der Waals surface area (Å²) in [6.07, 6.45) is 6.91. The van der Waals surface area contributed by atoms with Gasteiger partial charge in [-0.15, -0.1) is 0 Å². The van der Waals surface area contributed by atoms with Crippen LogP contribution in [-0.2, 0) is 0 Å². The number of nitrogens with one attached hydrogen (secondary N) is 1. The molecule has 0 unspecified atom stereocenters. The maximum absolute atomic E-state index is 4.27. The van der Waals surface area contributed by atoms with Crippen molar-refractivity contribution in [2.45, 2.75) is 39.5 Å². The Balaban J connectivity index is 2.18. The molecule has 0 spiro atoms. The number of unbranched alkanes of at least 4 members (excludes halogenated alkanes) is 3. The van der Waals surface area contributed by atoms with Crippen LogP contribution in [0.25, 0.3) is 0 Å². The van der Waals surface area contributed by atoms with E-state index in [0.29, 0.717) is 0 Å². The lowest BCUT2D eigenvalue weighted by atomic mass is 10.2. The van der Waals surface area contributed by atoms with Crippen LogP contribution in [0.5, 0.6) is 0 Å². The van der Waals surface area contributed by atoms with Gasteiger partial charge in [0.05, 0.1) is 0 Å². The Morgan fingerprint density at radius 2 is 2.14 bits per heavy atom. The molecular formula is C11H19N3. The summed E-state index contributed by atoms with van der Waals surface area (Å²) in [5.41, 5.74) is 0. The van der Waals surface area contributed by atoms with Gasteiger partial charge in [-0.05, 0) is 19.4 Å². The molecule has 0 aliphatic carbocycles. The number of hydrogen-bond donors (Lipinski definition) is 1. The first-order valence-electron chi connectivity index (χ1n) is 5.36. The molecule has 3 heteroatoms. The maximum Gasteiger partial charge on any atom is 0.129 e. The van der Waals surface area contributed by atoms with Gasteiger partial charge in [-0.25, -0.2) is 9.97 Å². The predicted molar refractivity (Wildman–Crippen MR) is 59.4 cm³/mol. The van der Waals surface area contributed by atoms with E-state index in [1.807, 2.05) is 13.0 Å². The van der Waals surface area contributed by atoms with Crippen LogP contribution in [-0.4, -0.2) is 16.5 Å². The molecule has 14 heavy (non-hydrogen) atoms. The molecule has 0 bridgehead atoms. The first-order chi connectivity index (χ1) is 6.83. The quantitative estimate of drug-likeness (QED) is 0.706. The minimum atomic E-state index is 0.823. The molecule has 1 rings (SSSR count).